The third-order valence-electron chi connectivity index (χ3n) is 6.47. The minimum atomic E-state index is -1.75. The average molecular weight is 491 g/mol. The number of aromatic nitrogens is 2. The molecule has 0 radical (unpaired) electrons. The Hall–Kier alpha value is -3.88. The number of amides is 2. The van der Waals surface area contributed by atoms with Crippen molar-refractivity contribution >= 4 is 40.6 Å². The summed E-state index contributed by atoms with van der Waals surface area (Å²) < 4.78 is 4.62. The van der Waals surface area contributed by atoms with Crippen molar-refractivity contribution in [2.24, 2.45) is 0 Å². The zero-order chi connectivity index (χ0) is 24.9. The van der Waals surface area contributed by atoms with Gasteiger partial charge in [0.05, 0.1) is 24.2 Å². The number of H-pyrrole nitrogens is 1. The van der Waals surface area contributed by atoms with Crippen LogP contribution in [0.5, 0.6) is 0 Å². The van der Waals surface area contributed by atoms with Gasteiger partial charge in [-0.25, -0.2) is 9.78 Å². The zero-order valence-electron chi connectivity index (χ0n) is 19.3. The first kappa shape index (κ1) is 22.9. The van der Waals surface area contributed by atoms with Crippen LogP contribution in [-0.2, 0) is 10.5 Å². The summed E-state index contributed by atoms with van der Waals surface area (Å²) in [5.41, 5.74) is 2.58. The van der Waals surface area contributed by atoms with Gasteiger partial charge in [0, 0.05) is 21.7 Å². The van der Waals surface area contributed by atoms with E-state index < -0.39 is 17.9 Å². The number of nitrogens with zero attached hydrogens (tertiary/aromatic N) is 2. The lowest BCUT2D eigenvalue weighted by Gasteiger charge is -2.39. The highest BCUT2D eigenvalue weighted by molar-refractivity contribution is 6.30. The van der Waals surface area contributed by atoms with Crippen LogP contribution < -0.4 is 5.32 Å². The first-order valence-electron chi connectivity index (χ1n) is 11.0. The molecule has 2 unspecified atom stereocenters. The van der Waals surface area contributed by atoms with E-state index in [2.05, 4.69) is 20.0 Å². The Kier molecular flexibility index (Phi) is 5.50. The molecule has 5 rings (SSSR count). The summed E-state index contributed by atoms with van der Waals surface area (Å²) in [6.07, 6.45) is -0.657. The second-order valence-corrected chi connectivity index (χ2v) is 8.94. The van der Waals surface area contributed by atoms with Crippen LogP contribution in [0, 0.1) is 6.92 Å². The maximum Gasteiger partial charge on any atom is 0.413 e. The molecular weight excluding hydrogens is 468 g/mol. The smallest absolute Gasteiger partial charge is 0.413 e. The van der Waals surface area contributed by atoms with Crippen molar-refractivity contribution in [2.75, 3.05) is 12.4 Å². The highest BCUT2D eigenvalue weighted by Gasteiger charge is 2.52. The van der Waals surface area contributed by atoms with Crippen molar-refractivity contribution in [3.05, 3.63) is 93.5 Å². The Labute approximate surface area is 206 Å². The van der Waals surface area contributed by atoms with E-state index in [0.29, 0.717) is 32.7 Å². The number of imidazole rings is 1. The third-order valence-corrected chi connectivity index (χ3v) is 6.70. The van der Waals surface area contributed by atoms with Crippen molar-refractivity contribution < 1.29 is 19.4 Å². The van der Waals surface area contributed by atoms with Crippen LogP contribution in [0.3, 0.4) is 0 Å². The predicted octanol–water partition coefficient (Wildman–Crippen LogP) is 5.11. The predicted molar refractivity (Wildman–Crippen MR) is 132 cm³/mol. The number of nitrogens with one attached hydrogen (secondary N) is 2. The number of ether oxygens (including phenoxy) is 1. The molecule has 3 N–H and O–H groups in total. The van der Waals surface area contributed by atoms with E-state index in [1.807, 2.05) is 26.0 Å². The molecule has 9 heteroatoms. The molecule has 8 nitrogen and oxygen atoms in total. The SMILES string of the molecule is COC(=O)Nc1nc2ccc(C3(O)c4ccccc4C(=O)N3C(C)c3cc(Cl)ccc3C)cc2[nH]1. The highest BCUT2D eigenvalue weighted by Crippen LogP contribution is 2.47. The molecule has 0 fully saturated rings. The molecule has 2 heterocycles. The van der Waals surface area contributed by atoms with Gasteiger partial charge in [-0.05, 0) is 55.3 Å². The standard InChI is InChI=1S/C26H23ClN4O4/c1-14-8-10-17(27)13-19(14)15(2)31-23(32)18-6-4-5-7-20(18)26(31,34)16-9-11-21-22(12-16)29-24(28-21)30-25(33)35-3/h4-13,15,34H,1-3H3,(H2,28,29,30,33). The number of anilines is 1. The summed E-state index contributed by atoms with van der Waals surface area (Å²) in [6.45, 7) is 3.82. The molecule has 0 spiro atoms. The molecule has 1 aliphatic heterocycles. The molecule has 178 valence electrons. The number of aliphatic hydroxyl groups is 1. The number of benzene rings is 3. The molecule has 0 bridgehead atoms. The fourth-order valence-electron chi connectivity index (χ4n) is 4.76. The van der Waals surface area contributed by atoms with Gasteiger partial charge in [-0.2, -0.15) is 0 Å². The number of aryl methyl sites for hydroxylation is 1. The Morgan fingerprint density at radius 2 is 1.97 bits per heavy atom. The van der Waals surface area contributed by atoms with Crippen molar-refractivity contribution in [1.29, 1.82) is 0 Å². The number of aromatic amines is 1. The van der Waals surface area contributed by atoms with Crippen molar-refractivity contribution in [3.63, 3.8) is 0 Å². The van der Waals surface area contributed by atoms with Crippen LogP contribution in [-0.4, -0.2) is 39.1 Å². The van der Waals surface area contributed by atoms with Gasteiger partial charge in [0.1, 0.15) is 0 Å². The summed E-state index contributed by atoms with van der Waals surface area (Å²) >= 11 is 6.28. The van der Waals surface area contributed by atoms with Crippen molar-refractivity contribution in [1.82, 2.24) is 14.9 Å². The monoisotopic (exact) mass is 490 g/mol. The van der Waals surface area contributed by atoms with E-state index in [1.165, 1.54) is 12.0 Å². The van der Waals surface area contributed by atoms with Crippen LogP contribution in [0.15, 0.2) is 60.7 Å². The van der Waals surface area contributed by atoms with E-state index in [0.717, 1.165) is 11.1 Å². The maximum absolute atomic E-state index is 13.7. The lowest BCUT2D eigenvalue weighted by atomic mass is 9.91. The minimum absolute atomic E-state index is 0.207. The van der Waals surface area contributed by atoms with Gasteiger partial charge in [-0.3, -0.25) is 15.0 Å². The molecule has 35 heavy (non-hydrogen) atoms. The van der Waals surface area contributed by atoms with Crippen LogP contribution in [0.25, 0.3) is 11.0 Å². The lowest BCUT2D eigenvalue weighted by molar-refractivity contribution is -0.0677. The number of rotatable bonds is 4. The Bertz CT molecular complexity index is 1480. The van der Waals surface area contributed by atoms with E-state index in [4.69, 9.17) is 11.6 Å². The summed E-state index contributed by atoms with van der Waals surface area (Å²) in [4.78, 5) is 34.1. The largest absolute Gasteiger partial charge is 0.453 e. The van der Waals surface area contributed by atoms with Crippen molar-refractivity contribution in [3.8, 4) is 0 Å². The second-order valence-electron chi connectivity index (χ2n) is 8.50. The fourth-order valence-corrected chi connectivity index (χ4v) is 4.95. The second kappa shape index (κ2) is 8.41. The fraction of sp³-hybridized carbons (Fsp3) is 0.192. The molecule has 4 aromatic rings. The van der Waals surface area contributed by atoms with E-state index >= 15 is 0 Å². The Morgan fingerprint density at radius 3 is 2.74 bits per heavy atom. The molecule has 2 amide bonds. The molecule has 0 saturated heterocycles. The number of carbonyl (C=O) groups is 2. The minimum Gasteiger partial charge on any atom is -0.453 e. The molecular formula is C26H23ClN4O4. The summed E-state index contributed by atoms with van der Waals surface area (Å²) in [7, 11) is 1.26. The molecule has 0 saturated carbocycles. The average Bonchev–Trinajstić information content (AvgIpc) is 3.36. The normalized spacial score (nSPS) is 18.0. The first-order chi connectivity index (χ1) is 16.7. The highest BCUT2D eigenvalue weighted by atomic mass is 35.5. The van der Waals surface area contributed by atoms with Gasteiger partial charge in [0.25, 0.3) is 5.91 Å². The molecule has 1 aromatic heterocycles. The number of halogens is 1. The maximum atomic E-state index is 13.7. The van der Waals surface area contributed by atoms with Gasteiger partial charge >= 0.3 is 6.09 Å². The van der Waals surface area contributed by atoms with E-state index in [9.17, 15) is 14.7 Å². The van der Waals surface area contributed by atoms with E-state index in [1.54, 1.807) is 48.5 Å². The van der Waals surface area contributed by atoms with Gasteiger partial charge in [0.2, 0.25) is 5.95 Å². The molecule has 0 aliphatic carbocycles. The number of methoxy groups -OCH3 is 1. The number of carbonyl (C=O) groups excluding carboxylic acids is 2. The van der Waals surface area contributed by atoms with Crippen LogP contribution in [0.2, 0.25) is 5.02 Å². The third kappa shape index (κ3) is 3.62. The van der Waals surface area contributed by atoms with Gasteiger partial charge in [-0.1, -0.05) is 41.9 Å². The van der Waals surface area contributed by atoms with Gasteiger partial charge < -0.3 is 14.8 Å². The van der Waals surface area contributed by atoms with Crippen LogP contribution in [0.4, 0.5) is 10.7 Å². The molecule has 3 aromatic carbocycles. The van der Waals surface area contributed by atoms with E-state index in [-0.39, 0.29) is 11.9 Å². The van der Waals surface area contributed by atoms with Gasteiger partial charge in [0.15, 0.2) is 5.72 Å². The number of fused-ring (bicyclic) bond motifs is 2. The summed E-state index contributed by atoms with van der Waals surface area (Å²) in [6, 6.07) is 17.2. The first-order valence-corrected chi connectivity index (χ1v) is 11.4. The van der Waals surface area contributed by atoms with Crippen LogP contribution in [0.1, 0.15) is 45.6 Å². The summed E-state index contributed by atoms with van der Waals surface area (Å²) in [5.74, 6) is -0.0774. The topological polar surface area (TPSA) is 108 Å². The molecule has 1 aliphatic rings. The number of hydrogen-bond acceptors (Lipinski definition) is 5. The van der Waals surface area contributed by atoms with Gasteiger partial charge in [-0.15, -0.1) is 0 Å². The number of hydrogen-bond donors (Lipinski definition) is 3. The summed E-state index contributed by atoms with van der Waals surface area (Å²) in [5, 5.41) is 15.4. The molecule has 2 atom stereocenters. The Balaban J connectivity index is 1.66. The lowest BCUT2D eigenvalue weighted by Crippen LogP contribution is -2.46. The zero-order valence-corrected chi connectivity index (χ0v) is 20.1. The Morgan fingerprint density at radius 1 is 1.20 bits per heavy atom. The van der Waals surface area contributed by atoms with Crippen LogP contribution >= 0.6 is 11.6 Å². The van der Waals surface area contributed by atoms with Crippen molar-refractivity contribution in [2.45, 2.75) is 25.6 Å². The quantitative estimate of drug-likeness (QED) is 0.368.